The van der Waals surface area contributed by atoms with E-state index in [1.165, 1.54) is 0 Å². The minimum atomic E-state index is -1.81. The summed E-state index contributed by atoms with van der Waals surface area (Å²) in [6.07, 6.45) is -3.04. The summed E-state index contributed by atoms with van der Waals surface area (Å²) in [5.41, 5.74) is -2.87. The summed E-state index contributed by atoms with van der Waals surface area (Å²) >= 11 is 0. The Kier molecular flexibility index (Phi) is 5.21. The van der Waals surface area contributed by atoms with E-state index in [1.807, 2.05) is 6.92 Å². The number of rotatable bonds is 5. The molecule has 3 saturated heterocycles. The molecule has 8 atom stereocenters. The third-order valence-corrected chi connectivity index (χ3v) is 7.35. The molecule has 2 N–H and O–H groups in total. The van der Waals surface area contributed by atoms with Crippen LogP contribution in [0.1, 0.15) is 33.1 Å². The van der Waals surface area contributed by atoms with E-state index in [0.29, 0.717) is 6.42 Å². The van der Waals surface area contributed by atoms with Gasteiger partial charge in [0.15, 0.2) is 5.60 Å². The van der Waals surface area contributed by atoms with Gasteiger partial charge in [-0.15, -0.1) is 0 Å². The topological polar surface area (TPSA) is 146 Å². The quantitative estimate of drug-likeness (QED) is 0.332. The molecular weight excluding hydrogens is 424 g/mol. The molecular formula is C22H26O10. The zero-order valence-corrected chi connectivity index (χ0v) is 17.9. The van der Waals surface area contributed by atoms with Gasteiger partial charge in [-0.25, -0.2) is 14.4 Å². The van der Waals surface area contributed by atoms with E-state index < -0.39 is 77.8 Å². The minimum Gasteiger partial charge on any atom is -0.463 e. The second-order valence-corrected chi connectivity index (χ2v) is 9.25. The van der Waals surface area contributed by atoms with Crippen molar-refractivity contribution in [1.29, 1.82) is 0 Å². The maximum absolute atomic E-state index is 12.7. The van der Waals surface area contributed by atoms with E-state index in [0.717, 1.165) is 6.92 Å². The molecule has 0 amide bonds. The first-order valence-electron chi connectivity index (χ1n) is 10.4. The Morgan fingerprint density at radius 2 is 2.00 bits per heavy atom. The molecule has 5 rings (SSSR count). The van der Waals surface area contributed by atoms with Crippen molar-refractivity contribution >= 4 is 23.9 Å². The summed E-state index contributed by atoms with van der Waals surface area (Å²) in [7, 11) is 0. The normalized spacial score (nSPS) is 40.5. The molecule has 0 aromatic rings. The number of fused-ring (bicyclic) bond motifs is 3. The molecule has 2 unspecified atom stereocenters. The lowest BCUT2D eigenvalue weighted by molar-refractivity contribution is -0.281. The molecule has 2 aliphatic carbocycles. The van der Waals surface area contributed by atoms with Crippen molar-refractivity contribution in [2.24, 2.45) is 17.3 Å². The molecule has 5 aliphatic rings. The zero-order valence-electron chi connectivity index (χ0n) is 17.9. The average molecular weight is 450 g/mol. The summed E-state index contributed by atoms with van der Waals surface area (Å²) in [5, 5.41) is 21.3. The van der Waals surface area contributed by atoms with E-state index in [1.54, 1.807) is 0 Å². The molecule has 174 valence electrons. The highest BCUT2D eigenvalue weighted by Gasteiger charge is 2.73. The standard InChI is InChI=1S/C22H26O10/c1-9(12(24)8-29-11(3)23)18(25)30-13-7-21(4)14-5-6-22(28,20(27)31-14)17(21)16-15(13)10(2)19(26)32-16/h12-17,24,28H,1-2,5-8H2,3-4H3/t12?,13-,14-,15+,16-,17?,21-,22-/m0/s1. The lowest BCUT2D eigenvalue weighted by Gasteiger charge is -2.62. The van der Waals surface area contributed by atoms with E-state index >= 15 is 0 Å². The second-order valence-electron chi connectivity index (χ2n) is 9.25. The largest absolute Gasteiger partial charge is 0.463 e. The van der Waals surface area contributed by atoms with Crippen LogP contribution in [0.2, 0.25) is 0 Å². The van der Waals surface area contributed by atoms with E-state index in [-0.39, 0.29) is 24.0 Å². The summed E-state index contributed by atoms with van der Waals surface area (Å²) in [6, 6.07) is 0. The van der Waals surface area contributed by atoms with Gasteiger partial charge in [0.1, 0.15) is 31.0 Å². The molecule has 5 fully saturated rings. The monoisotopic (exact) mass is 450 g/mol. The highest BCUT2D eigenvalue weighted by atomic mass is 16.6. The highest BCUT2D eigenvalue weighted by Crippen LogP contribution is 2.62. The zero-order chi connectivity index (χ0) is 23.6. The Labute approximate surface area is 184 Å². The summed E-state index contributed by atoms with van der Waals surface area (Å²) in [5.74, 6) is -4.50. The van der Waals surface area contributed by atoms with Gasteiger partial charge < -0.3 is 29.2 Å². The van der Waals surface area contributed by atoms with Crippen molar-refractivity contribution in [2.45, 2.75) is 63.1 Å². The van der Waals surface area contributed by atoms with Crippen LogP contribution in [0.3, 0.4) is 0 Å². The Morgan fingerprint density at radius 3 is 2.62 bits per heavy atom. The Balaban J connectivity index is 1.61. The predicted octanol–water partition coefficient (Wildman–Crippen LogP) is -0.0473. The lowest BCUT2D eigenvalue weighted by Crippen LogP contribution is -2.73. The molecule has 3 aliphatic heterocycles. The van der Waals surface area contributed by atoms with Crippen molar-refractivity contribution in [1.82, 2.24) is 0 Å². The van der Waals surface area contributed by atoms with Gasteiger partial charge in [-0.2, -0.15) is 0 Å². The van der Waals surface area contributed by atoms with E-state index in [2.05, 4.69) is 13.2 Å². The number of aliphatic hydroxyl groups is 2. The van der Waals surface area contributed by atoms with Gasteiger partial charge in [0.25, 0.3) is 0 Å². The number of hydrogen-bond donors (Lipinski definition) is 2. The van der Waals surface area contributed by atoms with Gasteiger partial charge in [0, 0.05) is 23.8 Å². The fourth-order valence-corrected chi connectivity index (χ4v) is 5.78. The van der Waals surface area contributed by atoms with Crippen LogP contribution in [-0.4, -0.2) is 70.7 Å². The van der Waals surface area contributed by atoms with Gasteiger partial charge in [-0.3, -0.25) is 4.79 Å². The molecule has 10 nitrogen and oxygen atoms in total. The minimum absolute atomic E-state index is 0.0827. The molecule has 10 heteroatoms. The van der Waals surface area contributed by atoms with Crippen LogP contribution in [0.5, 0.6) is 0 Å². The van der Waals surface area contributed by atoms with Crippen LogP contribution >= 0.6 is 0 Å². The Morgan fingerprint density at radius 1 is 1.31 bits per heavy atom. The van der Waals surface area contributed by atoms with Crippen molar-refractivity contribution in [3.05, 3.63) is 24.3 Å². The number of carbonyl (C=O) groups is 4. The second kappa shape index (κ2) is 7.41. The molecule has 2 saturated carbocycles. The van der Waals surface area contributed by atoms with E-state index in [9.17, 15) is 29.4 Å². The molecule has 0 aromatic heterocycles. The molecule has 2 bridgehead atoms. The number of carbonyl (C=O) groups excluding carboxylic acids is 4. The number of aliphatic hydroxyl groups excluding tert-OH is 1. The fraction of sp³-hybridized carbons (Fsp3) is 0.636. The molecule has 0 spiro atoms. The van der Waals surface area contributed by atoms with Crippen molar-refractivity contribution in [3.8, 4) is 0 Å². The molecule has 32 heavy (non-hydrogen) atoms. The van der Waals surface area contributed by atoms with Crippen LogP contribution < -0.4 is 0 Å². The maximum atomic E-state index is 12.7. The summed E-state index contributed by atoms with van der Waals surface area (Å²) in [4.78, 5) is 48.5. The molecule has 3 heterocycles. The highest BCUT2D eigenvalue weighted by molar-refractivity contribution is 5.92. The van der Waals surface area contributed by atoms with Crippen LogP contribution in [0.4, 0.5) is 0 Å². The number of esters is 4. The van der Waals surface area contributed by atoms with Gasteiger partial charge in [-0.05, 0) is 19.3 Å². The van der Waals surface area contributed by atoms with Crippen molar-refractivity contribution in [2.75, 3.05) is 6.61 Å². The number of ether oxygens (including phenoxy) is 4. The van der Waals surface area contributed by atoms with E-state index in [4.69, 9.17) is 18.9 Å². The third kappa shape index (κ3) is 3.15. The summed E-state index contributed by atoms with van der Waals surface area (Å²) in [6.45, 7) is 9.82. The van der Waals surface area contributed by atoms with Crippen molar-refractivity contribution < 1.29 is 48.3 Å². The number of hydrogen-bond acceptors (Lipinski definition) is 10. The first-order chi connectivity index (χ1) is 14.9. The third-order valence-electron chi connectivity index (χ3n) is 7.35. The van der Waals surface area contributed by atoms with Gasteiger partial charge in [0.05, 0.1) is 11.5 Å². The summed E-state index contributed by atoms with van der Waals surface area (Å²) < 4.78 is 21.3. The van der Waals surface area contributed by atoms with Crippen LogP contribution in [0.15, 0.2) is 24.3 Å². The van der Waals surface area contributed by atoms with Crippen molar-refractivity contribution in [3.63, 3.8) is 0 Å². The van der Waals surface area contributed by atoms with Crippen LogP contribution in [0.25, 0.3) is 0 Å². The van der Waals surface area contributed by atoms with Gasteiger partial charge in [-0.1, -0.05) is 20.1 Å². The lowest BCUT2D eigenvalue weighted by atomic mass is 9.48. The Hall–Kier alpha value is -2.72. The maximum Gasteiger partial charge on any atom is 0.338 e. The van der Waals surface area contributed by atoms with Gasteiger partial charge in [0.2, 0.25) is 0 Å². The predicted molar refractivity (Wildman–Crippen MR) is 104 cm³/mol. The SMILES string of the molecule is C=C(C(=O)O[C@H]1C[C@]2(C)C([C@H]3OC(=O)C(=C)[C@H]13)[C@@]1(O)CC[C@@H]2OC1=O)C(O)COC(C)=O. The van der Waals surface area contributed by atoms with Crippen LogP contribution in [0, 0.1) is 17.3 Å². The molecule has 0 aromatic carbocycles. The van der Waals surface area contributed by atoms with Gasteiger partial charge >= 0.3 is 23.9 Å². The Bertz CT molecular complexity index is 924. The fourth-order valence-electron chi connectivity index (χ4n) is 5.78. The first-order valence-corrected chi connectivity index (χ1v) is 10.4. The average Bonchev–Trinajstić information content (AvgIpc) is 3.00. The smallest absolute Gasteiger partial charge is 0.338 e. The first kappa shape index (κ1) is 22.5. The van der Waals surface area contributed by atoms with Crippen LogP contribution in [-0.2, 0) is 38.1 Å². The molecule has 0 radical (unpaired) electrons.